The van der Waals surface area contributed by atoms with Crippen molar-refractivity contribution in [2.75, 3.05) is 0 Å². The van der Waals surface area contributed by atoms with Crippen molar-refractivity contribution in [1.29, 1.82) is 0 Å². The predicted molar refractivity (Wildman–Crippen MR) is 93.0 cm³/mol. The van der Waals surface area contributed by atoms with Crippen LogP contribution in [-0.4, -0.2) is 20.7 Å². The van der Waals surface area contributed by atoms with Crippen LogP contribution in [0.2, 0.25) is 0 Å². The second-order valence-electron chi connectivity index (χ2n) is 5.79. The Morgan fingerprint density at radius 3 is 2.84 bits per heavy atom. The van der Waals surface area contributed by atoms with Crippen LogP contribution in [0.3, 0.4) is 0 Å². The second kappa shape index (κ2) is 7.70. The molecule has 2 aromatic heterocycles. The molecular formula is C19H19FN4O. The minimum absolute atomic E-state index is 0.116. The van der Waals surface area contributed by atoms with Gasteiger partial charge in [0.2, 0.25) is 5.91 Å². The Hall–Kier alpha value is -3.02. The zero-order valence-electron chi connectivity index (χ0n) is 13.9. The molecule has 0 aliphatic carbocycles. The number of pyridine rings is 1. The van der Waals surface area contributed by atoms with Gasteiger partial charge >= 0.3 is 0 Å². The van der Waals surface area contributed by atoms with Gasteiger partial charge in [-0.15, -0.1) is 0 Å². The van der Waals surface area contributed by atoms with E-state index < -0.39 is 0 Å². The summed E-state index contributed by atoms with van der Waals surface area (Å²) in [4.78, 5) is 16.2. The number of benzene rings is 1. The Kier molecular flexibility index (Phi) is 5.18. The number of aryl methyl sites for hydroxylation is 2. The predicted octanol–water partition coefficient (Wildman–Crippen LogP) is 2.87. The number of carbonyl (C=O) groups is 1. The average Bonchev–Trinajstić information content (AvgIpc) is 3.05. The summed E-state index contributed by atoms with van der Waals surface area (Å²) in [7, 11) is 1.87. The van der Waals surface area contributed by atoms with Gasteiger partial charge < -0.3 is 5.32 Å². The van der Waals surface area contributed by atoms with Gasteiger partial charge in [0.15, 0.2) is 0 Å². The fraction of sp³-hybridized carbons (Fsp3) is 0.211. The summed E-state index contributed by atoms with van der Waals surface area (Å²) < 4.78 is 15.3. The van der Waals surface area contributed by atoms with Crippen LogP contribution in [0.5, 0.6) is 0 Å². The molecule has 6 heteroatoms. The van der Waals surface area contributed by atoms with Crippen LogP contribution in [0.25, 0.3) is 11.3 Å². The summed E-state index contributed by atoms with van der Waals surface area (Å²) in [5, 5.41) is 7.00. The Morgan fingerprint density at radius 1 is 1.24 bits per heavy atom. The molecule has 1 amide bonds. The van der Waals surface area contributed by atoms with E-state index in [4.69, 9.17) is 0 Å². The molecule has 0 atom stereocenters. The highest BCUT2D eigenvalue weighted by Crippen LogP contribution is 2.18. The van der Waals surface area contributed by atoms with E-state index in [1.807, 2.05) is 19.2 Å². The molecule has 0 unspecified atom stereocenters. The van der Waals surface area contributed by atoms with E-state index >= 15 is 0 Å². The van der Waals surface area contributed by atoms with Crippen molar-refractivity contribution in [3.8, 4) is 11.3 Å². The van der Waals surface area contributed by atoms with Gasteiger partial charge in [-0.05, 0) is 35.7 Å². The number of hydrogen-bond acceptors (Lipinski definition) is 3. The van der Waals surface area contributed by atoms with Crippen molar-refractivity contribution in [3.05, 3.63) is 71.9 Å². The molecule has 128 valence electrons. The van der Waals surface area contributed by atoms with Crippen molar-refractivity contribution in [2.24, 2.45) is 7.05 Å². The maximum absolute atomic E-state index is 13.6. The SMILES string of the molecule is Cn1nccc1-c1cncc(CNC(=O)CCc2ccccc2F)c1. The number of halogens is 1. The number of rotatable bonds is 6. The number of nitrogens with one attached hydrogen (secondary N) is 1. The molecule has 0 bridgehead atoms. The average molecular weight is 338 g/mol. The minimum atomic E-state index is -0.275. The zero-order valence-corrected chi connectivity index (χ0v) is 13.9. The molecule has 0 aliphatic heterocycles. The normalized spacial score (nSPS) is 10.6. The van der Waals surface area contributed by atoms with Gasteiger partial charge in [-0.25, -0.2) is 4.39 Å². The first-order valence-electron chi connectivity index (χ1n) is 8.06. The molecular weight excluding hydrogens is 319 g/mol. The number of amides is 1. The summed E-state index contributed by atoms with van der Waals surface area (Å²) in [5.74, 6) is -0.391. The molecule has 1 N–H and O–H groups in total. The molecule has 3 aromatic rings. The van der Waals surface area contributed by atoms with E-state index in [0.717, 1.165) is 16.8 Å². The number of aromatic nitrogens is 3. The van der Waals surface area contributed by atoms with Gasteiger partial charge in [-0.3, -0.25) is 14.5 Å². The van der Waals surface area contributed by atoms with Gasteiger partial charge in [0, 0.05) is 44.2 Å². The molecule has 1 aromatic carbocycles. The quantitative estimate of drug-likeness (QED) is 0.752. The molecule has 0 spiro atoms. The Balaban J connectivity index is 1.56. The Morgan fingerprint density at radius 2 is 2.08 bits per heavy atom. The third-order valence-electron chi connectivity index (χ3n) is 3.98. The molecule has 25 heavy (non-hydrogen) atoms. The highest BCUT2D eigenvalue weighted by Gasteiger charge is 2.07. The molecule has 0 aliphatic rings. The third-order valence-corrected chi connectivity index (χ3v) is 3.98. The number of nitrogens with zero attached hydrogens (tertiary/aromatic N) is 3. The lowest BCUT2D eigenvalue weighted by molar-refractivity contribution is -0.121. The van der Waals surface area contributed by atoms with Crippen LogP contribution in [0.4, 0.5) is 4.39 Å². The van der Waals surface area contributed by atoms with Crippen molar-refractivity contribution >= 4 is 5.91 Å². The van der Waals surface area contributed by atoms with Crippen LogP contribution in [0, 0.1) is 5.82 Å². The third kappa shape index (κ3) is 4.29. The van der Waals surface area contributed by atoms with Gasteiger partial charge in [0.25, 0.3) is 0 Å². The summed E-state index contributed by atoms with van der Waals surface area (Å²) >= 11 is 0. The molecule has 0 saturated heterocycles. The van der Waals surface area contributed by atoms with Crippen molar-refractivity contribution in [2.45, 2.75) is 19.4 Å². The van der Waals surface area contributed by atoms with E-state index in [1.54, 1.807) is 41.5 Å². The summed E-state index contributed by atoms with van der Waals surface area (Å²) in [6.45, 7) is 0.384. The Labute approximate surface area is 145 Å². The highest BCUT2D eigenvalue weighted by atomic mass is 19.1. The topological polar surface area (TPSA) is 59.8 Å². The fourth-order valence-corrected chi connectivity index (χ4v) is 2.62. The first kappa shape index (κ1) is 16.8. The van der Waals surface area contributed by atoms with Crippen molar-refractivity contribution in [1.82, 2.24) is 20.1 Å². The molecule has 0 fully saturated rings. The molecule has 0 radical (unpaired) electrons. The highest BCUT2D eigenvalue weighted by molar-refractivity contribution is 5.76. The lowest BCUT2D eigenvalue weighted by Crippen LogP contribution is -2.23. The summed E-state index contributed by atoms with van der Waals surface area (Å²) in [6.07, 6.45) is 5.84. The van der Waals surface area contributed by atoms with Crippen molar-refractivity contribution < 1.29 is 9.18 Å². The lowest BCUT2D eigenvalue weighted by Gasteiger charge is -2.08. The van der Waals surface area contributed by atoms with Crippen LogP contribution < -0.4 is 5.32 Å². The van der Waals surface area contributed by atoms with Crippen LogP contribution in [0.15, 0.2) is 55.0 Å². The smallest absolute Gasteiger partial charge is 0.220 e. The summed E-state index contributed by atoms with van der Waals surface area (Å²) in [6, 6.07) is 10.4. The minimum Gasteiger partial charge on any atom is -0.352 e. The van der Waals surface area contributed by atoms with E-state index in [-0.39, 0.29) is 18.1 Å². The fourth-order valence-electron chi connectivity index (χ4n) is 2.62. The largest absolute Gasteiger partial charge is 0.352 e. The maximum atomic E-state index is 13.6. The van der Waals surface area contributed by atoms with E-state index in [2.05, 4.69) is 15.4 Å². The summed E-state index contributed by atoms with van der Waals surface area (Å²) in [5.41, 5.74) is 3.36. The second-order valence-corrected chi connectivity index (χ2v) is 5.79. The van der Waals surface area contributed by atoms with Crippen LogP contribution in [-0.2, 0) is 24.8 Å². The van der Waals surface area contributed by atoms with E-state index in [0.29, 0.717) is 18.5 Å². The molecule has 0 saturated carbocycles. The maximum Gasteiger partial charge on any atom is 0.220 e. The van der Waals surface area contributed by atoms with E-state index in [9.17, 15) is 9.18 Å². The number of carbonyl (C=O) groups excluding carboxylic acids is 1. The standard InChI is InChI=1S/C19H19FN4O/c1-24-18(8-9-23-24)16-10-14(11-21-13-16)12-22-19(25)7-6-15-4-2-3-5-17(15)20/h2-5,8-11,13H,6-7,12H2,1H3,(H,22,25). The van der Waals surface area contributed by atoms with Gasteiger partial charge in [-0.1, -0.05) is 18.2 Å². The van der Waals surface area contributed by atoms with Gasteiger partial charge in [0.05, 0.1) is 5.69 Å². The van der Waals surface area contributed by atoms with Gasteiger partial charge in [-0.2, -0.15) is 5.10 Å². The van der Waals surface area contributed by atoms with Gasteiger partial charge in [0.1, 0.15) is 5.82 Å². The Bertz CT molecular complexity index is 875. The van der Waals surface area contributed by atoms with E-state index in [1.165, 1.54) is 6.07 Å². The lowest BCUT2D eigenvalue weighted by atomic mass is 10.1. The monoisotopic (exact) mass is 338 g/mol. The zero-order chi connectivity index (χ0) is 17.6. The molecule has 3 rings (SSSR count). The first-order chi connectivity index (χ1) is 12.1. The number of hydrogen-bond donors (Lipinski definition) is 1. The van der Waals surface area contributed by atoms with Crippen LogP contribution in [0.1, 0.15) is 17.5 Å². The first-order valence-corrected chi connectivity index (χ1v) is 8.06. The van der Waals surface area contributed by atoms with Crippen LogP contribution >= 0.6 is 0 Å². The van der Waals surface area contributed by atoms with Crippen molar-refractivity contribution in [3.63, 3.8) is 0 Å². The molecule has 2 heterocycles. The molecule has 5 nitrogen and oxygen atoms in total.